The summed E-state index contributed by atoms with van der Waals surface area (Å²) in [6.45, 7) is 10.5. The first-order chi connectivity index (χ1) is 12.9. The third-order valence-corrected chi connectivity index (χ3v) is 6.10. The van der Waals surface area contributed by atoms with Gasteiger partial charge in [-0.2, -0.15) is 0 Å². The molecule has 1 aromatic carbocycles. The summed E-state index contributed by atoms with van der Waals surface area (Å²) < 4.78 is 0. The standard InChI is InChI=1S/C21H27ClN4S/c1-5-26(6-2)21-25-19(12-27-21)18-11-24-20(23)17(18)9-14(4)15-7-13(3)8-16(22)10-15/h7-12,21,24-25H,5-6,23H2,1-4H3. The number of benzene rings is 1. The summed E-state index contributed by atoms with van der Waals surface area (Å²) in [4.78, 5) is 5.56. The molecule has 0 aliphatic carbocycles. The Bertz CT molecular complexity index is 860. The maximum Gasteiger partial charge on any atom is 0.132 e. The number of hydrogen-bond acceptors (Lipinski definition) is 4. The van der Waals surface area contributed by atoms with Crippen LogP contribution in [0.15, 0.2) is 29.8 Å². The van der Waals surface area contributed by atoms with Crippen molar-refractivity contribution < 1.29 is 0 Å². The van der Waals surface area contributed by atoms with Gasteiger partial charge in [-0.3, -0.25) is 4.90 Å². The molecular formula is C21H27ClN4S. The lowest BCUT2D eigenvalue weighted by Crippen LogP contribution is -2.39. The lowest BCUT2D eigenvalue weighted by molar-refractivity contribution is 0.272. The van der Waals surface area contributed by atoms with Gasteiger partial charge in [0, 0.05) is 22.3 Å². The van der Waals surface area contributed by atoms with Crippen molar-refractivity contribution in [2.45, 2.75) is 33.2 Å². The Morgan fingerprint density at radius 2 is 2.04 bits per heavy atom. The number of rotatable bonds is 6. The zero-order valence-electron chi connectivity index (χ0n) is 16.3. The predicted octanol–water partition coefficient (Wildman–Crippen LogP) is 5.38. The Balaban J connectivity index is 1.89. The number of nitrogen functional groups attached to an aromatic ring is 1. The summed E-state index contributed by atoms with van der Waals surface area (Å²) in [5, 5.41) is 6.55. The number of aromatic amines is 1. The van der Waals surface area contributed by atoms with Gasteiger partial charge < -0.3 is 16.0 Å². The lowest BCUT2D eigenvalue weighted by Gasteiger charge is -2.26. The second-order valence-electron chi connectivity index (χ2n) is 6.76. The number of nitrogens with zero attached hydrogens (tertiary/aromatic N) is 1. The molecule has 1 aliphatic heterocycles. The number of nitrogens with two attached hydrogens (primary N) is 1. The molecule has 144 valence electrons. The van der Waals surface area contributed by atoms with Gasteiger partial charge in [0.25, 0.3) is 0 Å². The van der Waals surface area contributed by atoms with E-state index in [9.17, 15) is 0 Å². The van der Waals surface area contributed by atoms with Crippen molar-refractivity contribution in [2.75, 3.05) is 18.8 Å². The van der Waals surface area contributed by atoms with Crippen molar-refractivity contribution >= 4 is 46.5 Å². The summed E-state index contributed by atoms with van der Waals surface area (Å²) in [6.07, 6.45) is 4.10. The highest BCUT2D eigenvalue weighted by atomic mass is 35.5. The molecule has 0 fully saturated rings. The molecule has 0 bridgehead atoms. The van der Waals surface area contributed by atoms with E-state index in [0.717, 1.165) is 51.6 Å². The molecule has 1 unspecified atom stereocenters. The number of hydrogen-bond donors (Lipinski definition) is 3. The van der Waals surface area contributed by atoms with E-state index < -0.39 is 0 Å². The molecule has 0 saturated heterocycles. The Morgan fingerprint density at radius 1 is 1.30 bits per heavy atom. The number of aryl methyl sites for hydroxylation is 1. The molecule has 1 atom stereocenters. The van der Waals surface area contributed by atoms with Crippen molar-refractivity contribution in [3.05, 3.63) is 57.1 Å². The van der Waals surface area contributed by atoms with Gasteiger partial charge in [0.05, 0.1) is 5.70 Å². The zero-order chi connectivity index (χ0) is 19.6. The van der Waals surface area contributed by atoms with E-state index in [2.05, 4.69) is 60.4 Å². The number of anilines is 1. The smallest absolute Gasteiger partial charge is 0.132 e. The first-order valence-corrected chi connectivity index (χ1v) is 10.5. The van der Waals surface area contributed by atoms with Gasteiger partial charge in [-0.25, -0.2) is 0 Å². The van der Waals surface area contributed by atoms with Crippen LogP contribution in [-0.4, -0.2) is 28.5 Å². The molecule has 4 N–H and O–H groups in total. The summed E-state index contributed by atoms with van der Waals surface area (Å²) in [6, 6.07) is 6.09. The topological polar surface area (TPSA) is 57.1 Å². The fourth-order valence-corrected chi connectivity index (χ4v) is 4.72. The molecule has 0 amide bonds. The van der Waals surface area contributed by atoms with E-state index in [1.54, 1.807) is 11.8 Å². The highest BCUT2D eigenvalue weighted by molar-refractivity contribution is 8.03. The molecular weight excluding hydrogens is 376 g/mol. The van der Waals surface area contributed by atoms with Gasteiger partial charge in [0.15, 0.2) is 0 Å². The largest absolute Gasteiger partial charge is 0.385 e. The monoisotopic (exact) mass is 402 g/mol. The molecule has 27 heavy (non-hydrogen) atoms. The van der Waals surface area contributed by atoms with Gasteiger partial charge >= 0.3 is 0 Å². The Morgan fingerprint density at radius 3 is 2.70 bits per heavy atom. The normalized spacial score (nSPS) is 17.3. The lowest BCUT2D eigenvalue weighted by atomic mass is 10.0. The molecule has 0 radical (unpaired) electrons. The van der Waals surface area contributed by atoms with E-state index in [4.69, 9.17) is 17.3 Å². The van der Waals surface area contributed by atoms with Gasteiger partial charge in [0.1, 0.15) is 11.3 Å². The molecule has 4 nitrogen and oxygen atoms in total. The van der Waals surface area contributed by atoms with Crippen LogP contribution < -0.4 is 11.1 Å². The summed E-state index contributed by atoms with van der Waals surface area (Å²) in [5.74, 6) is 0.669. The first kappa shape index (κ1) is 19.9. The van der Waals surface area contributed by atoms with E-state index in [1.807, 2.05) is 18.3 Å². The first-order valence-electron chi connectivity index (χ1n) is 9.22. The van der Waals surface area contributed by atoms with Gasteiger partial charge in [-0.05, 0) is 67.3 Å². The minimum absolute atomic E-state index is 0.264. The summed E-state index contributed by atoms with van der Waals surface area (Å²) in [7, 11) is 0. The minimum atomic E-state index is 0.264. The third kappa shape index (κ3) is 4.37. The molecule has 1 aromatic heterocycles. The molecule has 3 rings (SSSR count). The highest BCUT2D eigenvalue weighted by Crippen LogP contribution is 2.34. The van der Waals surface area contributed by atoms with Gasteiger partial charge in [-0.1, -0.05) is 43.3 Å². The number of allylic oxidation sites excluding steroid dienone is 1. The Kier molecular flexibility index (Phi) is 6.25. The van der Waals surface area contributed by atoms with Crippen molar-refractivity contribution in [3.63, 3.8) is 0 Å². The van der Waals surface area contributed by atoms with Crippen molar-refractivity contribution in [3.8, 4) is 0 Å². The number of aromatic nitrogens is 1. The summed E-state index contributed by atoms with van der Waals surface area (Å²) >= 11 is 8.03. The van der Waals surface area contributed by atoms with Crippen molar-refractivity contribution in [1.82, 2.24) is 15.2 Å². The van der Waals surface area contributed by atoms with Crippen LogP contribution in [-0.2, 0) is 0 Å². The zero-order valence-corrected chi connectivity index (χ0v) is 17.8. The van der Waals surface area contributed by atoms with E-state index >= 15 is 0 Å². The fraction of sp³-hybridized carbons (Fsp3) is 0.333. The average Bonchev–Trinajstić information content (AvgIpc) is 3.23. The number of H-pyrrole nitrogens is 1. The highest BCUT2D eigenvalue weighted by Gasteiger charge is 2.24. The predicted molar refractivity (Wildman–Crippen MR) is 120 cm³/mol. The molecule has 6 heteroatoms. The van der Waals surface area contributed by atoms with Crippen molar-refractivity contribution in [1.29, 1.82) is 0 Å². The maximum atomic E-state index is 6.24. The van der Waals surface area contributed by atoms with Crippen LogP contribution in [0.3, 0.4) is 0 Å². The Labute approximate surface area is 170 Å². The second kappa shape index (κ2) is 8.46. The Hall–Kier alpha value is -1.82. The van der Waals surface area contributed by atoms with Crippen LogP contribution in [0.4, 0.5) is 5.82 Å². The van der Waals surface area contributed by atoms with E-state index in [1.165, 1.54) is 0 Å². The molecule has 0 saturated carbocycles. The SMILES string of the molecule is CCN(CC)C1NC(c2c[nH]c(N)c2C=C(C)c2cc(C)cc(Cl)c2)=CS1. The second-order valence-corrected chi connectivity index (χ2v) is 8.15. The fourth-order valence-electron chi connectivity index (χ4n) is 3.30. The van der Waals surface area contributed by atoms with E-state index in [0.29, 0.717) is 5.82 Å². The van der Waals surface area contributed by atoms with Crippen LogP contribution in [0, 0.1) is 6.92 Å². The molecule has 1 aliphatic rings. The van der Waals surface area contributed by atoms with Crippen LogP contribution in [0.25, 0.3) is 17.3 Å². The number of thioether (sulfide) groups is 1. The third-order valence-electron chi connectivity index (χ3n) is 4.84. The number of nitrogens with one attached hydrogen (secondary N) is 2. The van der Waals surface area contributed by atoms with E-state index in [-0.39, 0.29) is 5.50 Å². The minimum Gasteiger partial charge on any atom is -0.385 e. The van der Waals surface area contributed by atoms with Gasteiger partial charge in [0.2, 0.25) is 0 Å². The van der Waals surface area contributed by atoms with Crippen LogP contribution >= 0.6 is 23.4 Å². The molecule has 2 heterocycles. The van der Waals surface area contributed by atoms with Crippen LogP contribution in [0.2, 0.25) is 5.02 Å². The quantitative estimate of drug-likeness (QED) is 0.607. The molecule has 0 spiro atoms. The van der Waals surface area contributed by atoms with Crippen molar-refractivity contribution in [2.24, 2.45) is 0 Å². The average molecular weight is 403 g/mol. The van der Waals surface area contributed by atoms with Gasteiger partial charge in [-0.15, -0.1) is 0 Å². The van der Waals surface area contributed by atoms with Crippen LogP contribution in [0.5, 0.6) is 0 Å². The van der Waals surface area contributed by atoms with Crippen LogP contribution in [0.1, 0.15) is 43.0 Å². The number of halogens is 1. The molecule has 2 aromatic rings. The summed E-state index contributed by atoms with van der Waals surface area (Å²) in [5.41, 5.74) is 13.1. The maximum absolute atomic E-state index is 6.24.